The minimum atomic E-state index is -1.03. The maximum Gasteiger partial charge on any atom is 0.335 e. The summed E-state index contributed by atoms with van der Waals surface area (Å²) in [5.41, 5.74) is 1.43. The van der Waals surface area contributed by atoms with E-state index in [1.54, 1.807) is 10.6 Å². The fourth-order valence-corrected chi connectivity index (χ4v) is 3.95. The van der Waals surface area contributed by atoms with Gasteiger partial charge in [-0.3, -0.25) is 14.7 Å². The van der Waals surface area contributed by atoms with Gasteiger partial charge in [-0.05, 0) is 17.7 Å². The van der Waals surface area contributed by atoms with E-state index in [-0.39, 0.29) is 28.9 Å². The molecule has 0 aliphatic heterocycles. The van der Waals surface area contributed by atoms with Crippen molar-refractivity contribution in [3.63, 3.8) is 0 Å². The van der Waals surface area contributed by atoms with E-state index in [2.05, 4.69) is 15.3 Å². The Kier molecular flexibility index (Phi) is 5.87. The molecule has 2 heterocycles. The topological polar surface area (TPSA) is 117 Å². The molecule has 0 aliphatic rings. The molecule has 3 aromatic carbocycles. The molecule has 0 saturated carbocycles. The molecule has 0 radical (unpaired) electrons. The van der Waals surface area contributed by atoms with Gasteiger partial charge in [-0.2, -0.15) is 9.37 Å². The Labute approximate surface area is 203 Å². The second-order valence-electron chi connectivity index (χ2n) is 7.80. The fourth-order valence-electron chi connectivity index (χ4n) is 3.95. The lowest BCUT2D eigenvalue weighted by Crippen LogP contribution is -2.24. The molecule has 2 aromatic heterocycles. The van der Waals surface area contributed by atoms with Crippen molar-refractivity contribution in [2.75, 3.05) is 12.4 Å². The quantitative estimate of drug-likeness (QED) is 0.267. The van der Waals surface area contributed by atoms with Crippen molar-refractivity contribution >= 4 is 28.4 Å². The Hall–Kier alpha value is -5.06. The molecule has 36 heavy (non-hydrogen) atoms. The molecule has 11 heteroatoms. The number of benzene rings is 3. The number of nitrogens with one attached hydrogen (secondary N) is 1. The molecule has 5 rings (SSSR count). The van der Waals surface area contributed by atoms with E-state index in [1.165, 1.54) is 17.9 Å². The van der Waals surface area contributed by atoms with Crippen LogP contribution in [0.25, 0.3) is 16.9 Å². The van der Waals surface area contributed by atoms with Gasteiger partial charge in [-0.15, -0.1) is 0 Å². The Balaban J connectivity index is 1.58. The van der Waals surface area contributed by atoms with E-state index in [9.17, 15) is 19.3 Å². The van der Waals surface area contributed by atoms with Crippen LogP contribution in [0.3, 0.4) is 0 Å². The molecule has 0 aliphatic carbocycles. The number of hydrogen-bond donors (Lipinski definition) is 1. The second kappa shape index (κ2) is 9.29. The Morgan fingerprint density at radius 3 is 2.50 bits per heavy atom. The standard InChI is InChI=1S/C25H19FN6O4/c1-36-22-13-17(26)21(32(34)35)14-18(22)28-24-27-12-11-23(29-24)31-20-10-6-5-9-19(20)30(25(31)33)15-16-7-3-2-4-8-16/h2-14H,15H2,1H3,(H,27,28,29). The molecule has 1 N–H and O–H groups in total. The van der Waals surface area contributed by atoms with Crippen molar-refractivity contribution in [1.82, 2.24) is 19.1 Å². The number of nitro benzene ring substituents is 1. The van der Waals surface area contributed by atoms with Crippen LogP contribution in [0.15, 0.2) is 83.8 Å². The third-order valence-corrected chi connectivity index (χ3v) is 5.60. The zero-order chi connectivity index (χ0) is 25.2. The average Bonchev–Trinajstić information content (AvgIpc) is 3.16. The van der Waals surface area contributed by atoms with Gasteiger partial charge in [0, 0.05) is 24.4 Å². The predicted octanol–water partition coefficient (Wildman–Crippen LogP) is 4.43. The number of methoxy groups -OCH3 is 1. The Bertz CT molecular complexity index is 1650. The summed E-state index contributed by atoms with van der Waals surface area (Å²) < 4.78 is 22.3. The molecule has 10 nitrogen and oxygen atoms in total. The van der Waals surface area contributed by atoms with E-state index < -0.39 is 16.4 Å². The van der Waals surface area contributed by atoms with Crippen LogP contribution in [0.4, 0.5) is 21.7 Å². The smallest absolute Gasteiger partial charge is 0.335 e. The van der Waals surface area contributed by atoms with Gasteiger partial charge in [0.25, 0.3) is 0 Å². The number of anilines is 2. The molecule has 180 valence electrons. The first-order chi connectivity index (χ1) is 17.5. The van der Waals surface area contributed by atoms with Gasteiger partial charge in [0.15, 0.2) is 0 Å². The number of nitro groups is 1. The van der Waals surface area contributed by atoms with Crippen LogP contribution in [0.2, 0.25) is 0 Å². The SMILES string of the molecule is COc1cc(F)c([N+](=O)[O-])cc1Nc1nccc(-n2c(=O)n(Cc3ccccc3)c3ccccc32)n1. The third kappa shape index (κ3) is 4.13. The second-order valence-corrected chi connectivity index (χ2v) is 7.80. The minimum Gasteiger partial charge on any atom is -0.494 e. The Morgan fingerprint density at radius 2 is 1.78 bits per heavy atom. The average molecular weight is 486 g/mol. The van der Waals surface area contributed by atoms with Crippen LogP contribution >= 0.6 is 0 Å². The molecule has 0 fully saturated rings. The highest BCUT2D eigenvalue weighted by Crippen LogP contribution is 2.33. The van der Waals surface area contributed by atoms with Crippen LogP contribution in [0, 0.1) is 15.9 Å². The fraction of sp³-hybridized carbons (Fsp3) is 0.0800. The van der Waals surface area contributed by atoms with Crippen LogP contribution in [-0.2, 0) is 6.54 Å². The van der Waals surface area contributed by atoms with Crippen LogP contribution in [0.5, 0.6) is 5.75 Å². The summed E-state index contributed by atoms with van der Waals surface area (Å²) in [5, 5.41) is 14.0. The molecular formula is C25H19FN6O4. The maximum atomic E-state index is 14.0. The van der Waals surface area contributed by atoms with Gasteiger partial charge < -0.3 is 10.1 Å². The van der Waals surface area contributed by atoms with Gasteiger partial charge in [0.1, 0.15) is 11.6 Å². The third-order valence-electron chi connectivity index (χ3n) is 5.60. The van der Waals surface area contributed by atoms with Crippen molar-refractivity contribution in [3.05, 3.63) is 111 Å². The number of imidazole rings is 1. The van der Waals surface area contributed by atoms with Crippen molar-refractivity contribution < 1.29 is 14.1 Å². The molecule has 0 spiro atoms. The predicted molar refractivity (Wildman–Crippen MR) is 132 cm³/mol. The molecular weight excluding hydrogens is 467 g/mol. The first kappa shape index (κ1) is 22.7. The number of nitrogens with zero attached hydrogens (tertiary/aromatic N) is 5. The largest absolute Gasteiger partial charge is 0.494 e. The number of ether oxygens (including phenoxy) is 1. The van der Waals surface area contributed by atoms with Crippen LogP contribution in [0.1, 0.15) is 5.56 Å². The number of hydrogen-bond acceptors (Lipinski definition) is 7. The summed E-state index contributed by atoms with van der Waals surface area (Å²) in [7, 11) is 1.31. The molecule has 0 bridgehead atoms. The normalized spacial score (nSPS) is 10.9. The van der Waals surface area contributed by atoms with Crippen LogP contribution in [-0.4, -0.2) is 31.1 Å². The number of aromatic nitrogens is 4. The van der Waals surface area contributed by atoms with E-state index in [0.717, 1.165) is 23.2 Å². The van der Waals surface area contributed by atoms with Gasteiger partial charge in [-0.1, -0.05) is 42.5 Å². The lowest BCUT2D eigenvalue weighted by molar-refractivity contribution is -0.387. The molecule has 0 saturated heterocycles. The zero-order valence-corrected chi connectivity index (χ0v) is 19.0. The lowest BCUT2D eigenvalue weighted by Gasteiger charge is -2.11. The molecule has 0 atom stereocenters. The minimum absolute atomic E-state index is 0.0312. The Morgan fingerprint density at radius 1 is 1.06 bits per heavy atom. The number of rotatable bonds is 7. The van der Waals surface area contributed by atoms with E-state index in [4.69, 9.17) is 4.74 Å². The van der Waals surface area contributed by atoms with Gasteiger partial charge in [-0.25, -0.2) is 14.3 Å². The maximum absolute atomic E-state index is 14.0. The van der Waals surface area contributed by atoms with Gasteiger partial charge in [0.05, 0.1) is 35.3 Å². The highest BCUT2D eigenvalue weighted by molar-refractivity contribution is 5.78. The van der Waals surface area contributed by atoms with Crippen molar-refractivity contribution in [3.8, 4) is 11.6 Å². The van der Waals surface area contributed by atoms with Gasteiger partial charge in [0.2, 0.25) is 11.8 Å². The summed E-state index contributed by atoms with van der Waals surface area (Å²) in [4.78, 5) is 32.5. The lowest BCUT2D eigenvalue weighted by atomic mass is 10.2. The molecule has 0 amide bonds. The number of para-hydroxylation sites is 2. The molecule has 5 aromatic rings. The summed E-state index contributed by atoms with van der Waals surface area (Å²) in [6.45, 7) is 0.375. The molecule has 0 unspecified atom stereocenters. The summed E-state index contributed by atoms with van der Waals surface area (Å²) in [6.07, 6.45) is 1.45. The first-order valence-corrected chi connectivity index (χ1v) is 10.8. The van der Waals surface area contributed by atoms with Crippen LogP contribution < -0.4 is 15.7 Å². The van der Waals surface area contributed by atoms with E-state index in [0.29, 0.717) is 12.1 Å². The highest BCUT2D eigenvalue weighted by atomic mass is 19.1. The number of fused-ring (bicyclic) bond motifs is 1. The van der Waals surface area contributed by atoms with Crippen molar-refractivity contribution in [2.45, 2.75) is 6.54 Å². The summed E-state index contributed by atoms with van der Waals surface area (Å²) in [6, 6.07) is 20.5. The number of halogens is 1. The van der Waals surface area contributed by atoms with E-state index >= 15 is 0 Å². The van der Waals surface area contributed by atoms with Gasteiger partial charge >= 0.3 is 11.4 Å². The van der Waals surface area contributed by atoms with Crippen molar-refractivity contribution in [2.24, 2.45) is 0 Å². The van der Waals surface area contributed by atoms with E-state index in [1.807, 2.05) is 54.6 Å². The zero-order valence-electron chi connectivity index (χ0n) is 19.0. The first-order valence-electron chi connectivity index (χ1n) is 10.8. The highest BCUT2D eigenvalue weighted by Gasteiger charge is 2.20. The summed E-state index contributed by atoms with van der Waals surface area (Å²) >= 11 is 0. The summed E-state index contributed by atoms with van der Waals surface area (Å²) in [5.74, 6) is -0.673. The monoisotopic (exact) mass is 486 g/mol. The van der Waals surface area contributed by atoms with Crippen molar-refractivity contribution in [1.29, 1.82) is 0 Å².